The first-order valence-electron chi connectivity index (χ1n) is 6.40. The molecule has 20 heavy (non-hydrogen) atoms. The van der Waals surface area contributed by atoms with E-state index < -0.39 is 0 Å². The Morgan fingerprint density at radius 1 is 1.00 bits per heavy atom. The van der Waals surface area contributed by atoms with Gasteiger partial charge in [-0.3, -0.25) is 0 Å². The second kappa shape index (κ2) is 4.89. The van der Waals surface area contributed by atoms with Crippen molar-refractivity contribution in [2.45, 2.75) is 6.92 Å². The number of ether oxygens (including phenoxy) is 2. The second-order valence-electron chi connectivity index (χ2n) is 4.79. The van der Waals surface area contributed by atoms with E-state index in [0.29, 0.717) is 0 Å². The molecule has 0 unspecified atom stereocenters. The van der Waals surface area contributed by atoms with Gasteiger partial charge in [0.1, 0.15) is 17.2 Å². The maximum Gasteiger partial charge on any atom is 0.131 e. The summed E-state index contributed by atoms with van der Waals surface area (Å²) in [5.41, 5.74) is 3.10. The molecule has 0 radical (unpaired) electrons. The molecule has 0 saturated carbocycles. The lowest BCUT2D eigenvalue weighted by Gasteiger charge is -2.09. The highest BCUT2D eigenvalue weighted by atomic mass is 16.5. The highest BCUT2D eigenvalue weighted by molar-refractivity contribution is 5.77. The van der Waals surface area contributed by atoms with Gasteiger partial charge in [-0.25, -0.2) is 4.98 Å². The molecule has 0 spiro atoms. The number of rotatable bonds is 3. The van der Waals surface area contributed by atoms with Crippen molar-refractivity contribution in [2.24, 2.45) is 7.05 Å². The van der Waals surface area contributed by atoms with E-state index in [0.717, 1.165) is 33.8 Å². The summed E-state index contributed by atoms with van der Waals surface area (Å²) in [7, 11) is 3.62. The van der Waals surface area contributed by atoms with E-state index in [1.807, 2.05) is 54.9 Å². The lowest BCUT2D eigenvalue weighted by Crippen LogP contribution is -1.89. The molecule has 0 saturated heterocycles. The van der Waals surface area contributed by atoms with Crippen LogP contribution in [0.5, 0.6) is 17.2 Å². The van der Waals surface area contributed by atoms with Crippen LogP contribution < -0.4 is 9.47 Å². The second-order valence-corrected chi connectivity index (χ2v) is 4.79. The third-order valence-corrected chi connectivity index (χ3v) is 3.19. The first-order valence-corrected chi connectivity index (χ1v) is 6.40. The van der Waals surface area contributed by atoms with Gasteiger partial charge in [-0.15, -0.1) is 0 Å². The van der Waals surface area contributed by atoms with E-state index in [4.69, 9.17) is 9.47 Å². The lowest BCUT2D eigenvalue weighted by atomic mass is 10.2. The summed E-state index contributed by atoms with van der Waals surface area (Å²) in [4.78, 5) is 4.30. The van der Waals surface area contributed by atoms with Crippen LogP contribution in [-0.2, 0) is 7.05 Å². The van der Waals surface area contributed by atoms with E-state index in [2.05, 4.69) is 4.98 Å². The lowest BCUT2D eigenvalue weighted by molar-refractivity contribution is 0.408. The Balaban J connectivity index is 1.96. The molecule has 0 fully saturated rings. The van der Waals surface area contributed by atoms with Crippen LogP contribution in [-0.4, -0.2) is 16.7 Å². The quantitative estimate of drug-likeness (QED) is 0.727. The summed E-state index contributed by atoms with van der Waals surface area (Å²) >= 11 is 0. The Morgan fingerprint density at radius 2 is 1.80 bits per heavy atom. The van der Waals surface area contributed by atoms with Crippen LogP contribution in [0.3, 0.4) is 0 Å². The van der Waals surface area contributed by atoms with Crippen LogP contribution in [0.1, 0.15) is 5.56 Å². The number of nitrogens with zero attached hydrogens (tertiary/aromatic N) is 2. The number of imidazole rings is 1. The standard InChI is InChI=1S/C16H16N2O2/c1-11-6-13(19-3)8-14(7-11)20-12-4-5-15-16(9-12)18(2)10-17-15/h4-10H,1-3H3. The highest BCUT2D eigenvalue weighted by Gasteiger charge is 2.05. The summed E-state index contributed by atoms with van der Waals surface area (Å²) in [6, 6.07) is 11.7. The minimum Gasteiger partial charge on any atom is -0.497 e. The van der Waals surface area contributed by atoms with E-state index in [9.17, 15) is 0 Å². The van der Waals surface area contributed by atoms with Crippen molar-refractivity contribution in [1.29, 1.82) is 0 Å². The Kier molecular flexibility index (Phi) is 3.06. The van der Waals surface area contributed by atoms with Crippen LogP contribution in [0, 0.1) is 6.92 Å². The van der Waals surface area contributed by atoms with Crippen LogP contribution in [0.4, 0.5) is 0 Å². The van der Waals surface area contributed by atoms with Crippen molar-refractivity contribution in [1.82, 2.24) is 9.55 Å². The van der Waals surface area contributed by atoms with Crippen molar-refractivity contribution in [2.75, 3.05) is 7.11 Å². The minimum atomic E-state index is 0.767. The van der Waals surface area contributed by atoms with Gasteiger partial charge in [0.05, 0.1) is 24.5 Å². The van der Waals surface area contributed by atoms with Crippen molar-refractivity contribution in [3.8, 4) is 17.2 Å². The van der Waals surface area contributed by atoms with Gasteiger partial charge in [0.15, 0.2) is 0 Å². The number of hydrogen-bond donors (Lipinski definition) is 0. The maximum absolute atomic E-state index is 5.91. The smallest absolute Gasteiger partial charge is 0.131 e. The predicted octanol–water partition coefficient (Wildman–Crippen LogP) is 3.68. The molecule has 102 valence electrons. The summed E-state index contributed by atoms with van der Waals surface area (Å²) in [5, 5.41) is 0. The van der Waals surface area contributed by atoms with Crippen LogP contribution in [0.15, 0.2) is 42.7 Å². The number of aromatic nitrogens is 2. The summed E-state index contributed by atoms with van der Waals surface area (Å²) in [6.07, 6.45) is 1.80. The number of benzene rings is 2. The third kappa shape index (κ3) is 2.32. The van der Waals surface area contributed by atoms with Gasteiger partial charge in [0.25, 0.3) is 0 Å². The topological polar surface area (TPSA) is 36.3 Å². The Labute approximate surface area is 117 Å². The monoisotopic (exact) mass is 268 g/mol. The number of methoxy groups -OCH3 is 1. The maximum atomic E-state index is 5.91. The fraction of sp³-hybridized carbons (Fsp3) is 0.188. The van der Waals surface area contributed by atoms with Gasteiger partial charge < -0.3 is 14.0 Å². The summed E-state index contributed by atoms with van der Waals surface area (Å²) in [6.45, 7) is 2.01. The zero-order chi connectivity index (χ0) is 14.1. The molecular weight excluding hydrogens is 252 g/mol. The first-order chi connectivity index (χ1) is 9.65. The molecule has 2 aromatic carbocycles. The first kappa shape index (κ1) is 12.5. The average molecular weight is 268 g/mol. The molecular formula is C16H16N2O2. The molecule has 0 bridgehead atoms. The van der Waals surface area contributed by atoms with E-state index >= 15 is 0 Å². The molecule has 0 amide bonds. The Morgan fingerprint density at radius 3 is 2.60 bits per heavy atom. The minimum absolute atomic E-state index is 0.767. The fourth-order valence-corrected chi connectivity index (χ4v) is 2.20. The molecule has 0 aliphatic rings. The van der Waals surface area contributed by atoms with E-state index in [-0.39, 0.29) is 0 Å². The van der Waals surface area contributed by atoms with Gasteiger partial charge in [-0.2, -0.15) is 0 Å². The molecule has 4 nitrogen and oxygen atoms in total. The molecule has 3 rings (SSSR count). The molecule has 0 aliphatic carbocycles. The van der Waals surface area contributed by atoms with Gasteiger partial charge >= 0.3 is 0 Å². The van der Waals surface area contributed by atoms with Crippen LogP contribution in [0.2, 0.25) is 0 Å². The average Bonchev–Trinajstić information content (AvgIpc) is 2.79. The molecule has 3 aromatic rings. The van der Waals surface area contributed by atoms with Gasteiger partial charge in [0.2, 0.25) is 0 Å². The molecule has 0 aliphatic heterocycles. The number of hydrogen-bond acceptors (Lipinski definition) is 3. The zero-order valence-corrected chi connectivity index (χ0v) is 11.8. The zero-order valence-electron chi connectivity index (χ0n) is 11.8. The molecule has 0 N–H and O–H groups in total. The van der Waals surface area contributed by atoms with Crippen molar-refractivity contribution in [3.05, 3.63) is 48.3 Å². The van der Waals surface area contributed by atoms with Gasteiger partial charge in [0, 0.05) is 19.2 Å². The van der Waals surface area contributed by atoms with Crippen molar-refractivity contribution >= 4 is 11.0 Å². The van der Waals surface area contributed by atoms with Gasteiger partial charge in [-0.1, -0.05) is 0 Å². The van der Waals surface area contributed by atoms with Crippen molar-refractivity contribution < 1.29 is 9.47 Å². The highest BCUT2D eigenvalue weighted by Crippen LogP contribution is 2.28. The molecule has 4 heteroatoms. The Hall–Kier alpha value is -2.49. The van der Waals surface area contributed by atoms with Crippen LogP contribution in [0.25, 0.3) is 11.0 Å². The molecule has 1 aromatic heterocycles. The summed E-state index contributed by atoms with van der Waals surface area (Å²) < 4.78 is 13.1. The van der Waals surface area contributed by atoms with E-state index in [1.54, 1.807) is 13.4 Å². The molecule has 1 heterocycles. The Bertz CT molecular complexity index is 762. The van der Waals surface area contributed by atoms with Crippen molar-refractivity contribution in [3.63, 3.8) is 0 Å². The number of aryl methyl sites for hydroxylation is 2. The third-order valence-electron chi connectivity index (χ3n) is 3.19. The molecule has 0 atom stereocenters. The SMILES string of the molecule is COc1cc(C)cc(Oc2ccc3ncn(C)c3c2)c1. The predicted molar refractivity (Wildman–Crippen MR) is 78.5 cm³/mol. The van der Waals surface area contributed by atoms with Crippen LogP contribution >= 0.6 is 0 Å². The summed E-state index contributed by atoms with van der Waals surface area (Å²) in [5.74, 6) is 2.35. The number of fused-ring (bicyclic) bond motifs is 1. The van der Waals surface area contributed by atoms with Gasteiger partial charge in [-0.05, 0) is 36.8 Å². The largest absolute Gasteiger partial charge is 0.497 e. The fourth-order valence-electron chi connectivity index (χ4n) is 2.20. The van der Waals surface area contributed by atoms with E-state index in [1.165, 1.54) is 0 Å². The normalized spacial score (nSPS) is 10.8.